The fourth-order valence-corrected chi connectivity index (χ4v) is 11.4. The zero-order valence-corrected chi connectivity index (χ0v) is 57.3. The van der Waals surface area contributed by atoms with Gasteiger partial charge in [0.1, 0.15) is 19.3 Å². The van der Waals surface area contributed by atoms with Crippen molar-refractivity contribution in [3.05, 3.63) is 24.3 Å². The summed E-state index contributed by atoms with van der Waals surface area (Å²) in [5.41, 5.74) is 0. The number of rotatable bonds is 67. The number of hydrogen-bond acceptors (Lipinski definition) is 15. The number of aliphatic hydroxyl groups excluding tert-OH is 1. The molecule has 0 aliphatic heterocycles. The summed E-state index contributed by atoms with van der Waals surface area (Å²) in [7, 11) is -9.89. The Bertz CT molecular complexity index is 1760. The molecule has 5 atom stereocenters. The van der Waals surface area contributed by atoms with E-state index in [1.165, 1.54) is 128 Å². The fraction of sp³-hybridized carbons (Fsp3) is 0.882. The first-order valence-electron chi connectivity index (χ1n) is 35.1. The van der Waals surface area contributed by atoms with Crippen LogP contribution in [0.1, 0.15) is 329 Å². The number of hydrogen-bond donors (Lipinski definition) is 3. The minimum Gasteiger partial charge on any atom is -0.462 e. The number of aliphatic hydroxyl groups is 1. The Morgan fingerprint density at radius 3 is 0.839 bits per heavy atom. The van der Waals surface area contributed by atoms with E-state index in [1.54, 1.807) is 0 Å². The lowest BCUT2D eigenvalue weighted by Gasteiger charge is -2.21. The van der Waals surface area contributed by atoms with Crippen LogP contribution in [0, 0.1) is 0 Å². The molecule has 0 amide bonds. The van der Waals surface area contributed by atoms with Gasteiger partial charge in [-0.2, -0.15) is 0 Å². The first kappa shape index (κ1) is 84.5. The van der Waals surface area contributed by atoms with E-state index in [4.69, 9.17) is 37.0 Å². The predicted molar refractivity (Wildman–Crippen MR) is 349 cm³/mol. The van der Waals surface area contributed by atoms with Crippen molar-refractivity contribution in [1.82, 2.24) is 0 Å². The van der Waals surface area contributed by atoms with Gasteiger partial charge in [0.05, 0.1) is 26.4 Å². The van der Waals surface area contributed by atoms with Gasteiger partial charge >= 0.3 is 39.5 Å². The second-order valence-electron chi connectivity index (χ2n) is 23.9. The van der Waals surface area contributed by atoms with E-state index >= 15 is 0 Å². The van der Waals surface area contributed by atoms with E-state index in [-0.39, 0.29) is 25.7 Å². The van der Waals surface area contributed by atoms with Crippen molar-refractivity contribution in [1.29, 1.82) is 0 Å². The molecule has 0 aliphatic carbocycles. The molecule has 0 aromatic heterocycles. The molecule has 0 aromatic rings. The Kier molecular flexibility index (Phi) is 60.6. The lowest BCUT2D eigenvalue weighted by molar-refractivity contribution is -0.161. The summed E-state index contributed by atoms with van der Waals surface area (Å²) in [6.45, 7) is 4.74. The van der Waals surface area contributed by atoms with Crippen LogP contribution in [0.2, 0.25) is 0 Å². The highest BCUT2D eigenvalue weighted by atomic mass is 31.2. The van der Waals surface area contributed by atoms with E-state index < -0.39 is 97.5 Å². The smallest absolute Gasteiger partial charge is 0.462 e. The molecule has 17 nitrogen and oxygen atoms in total. The maximum absolute atomic E-state index is 13.0. The van der Waals surface area contributed by atoms with E-state index in [0.717, 1.165) is 122 Å². The summed E-state index contributed by atoms with van der Waals surface area (Å²) >= 11 is 0. The van der Waals surface area contributed by atoms with E-state index in [2.05, 4.69) is 52.0 Å². The van der Waals surface area contributed by atoms with Crippen molar-refractivity contribution < 1.29 is 80.2 Å². The second-order valence-corrected chi connectivity index (χ2v) is 26.8. The highest BCUT2D eigenvalue weighted by Gasteiger charge is 2.30. The van der Waals surface area contributed by atoms with Crippen LogP contribution in [0.25, 0.3) is 0 Å². The van der Waals surface area contributed by atoms with Crippen LogP contribution in [0.4, 0.5) is 0 Å². The average Bonchev–Trinajstić information content (AvgIpc) is 3.71. The molecule has 512 valence electrons. The van der Waals surface area contributed by atoms with Gasteiger partial charge in [-0.3, -0.25) is 37.3 Å². The Balaban J connectivity index is 5.16. The third-order valence-corrected chi connectivity index (χ3v) is 17.1. The molecule has 3 N–H and O–H groups in total. The number of carbonyl (C=O) groups excluding carboxylic acids is 4. The quantitative estimate of drug-likeness (QED) is 0.0169. The van der Waals surface area contributed by atoms with Crippen molar-refractivity contribution >= 4 is 39.5 Å². The third-order valence-electron chi connectivity index (χ3n) is 15.2. The minimum atomic E-state index is -4.95. The molecule has 0 bridgehead atoms. The normalized spacial score (nSPS) is 14.2. The molecule has 0 fully saturated rings. The fourth-order valence-electron chi connectivity index (χ4n) is 9.80. The maximum Gasteiger partial charge on any atom is 0.472 e. The summed E-state index contributed by atoms with van der Waals surface area (Å²) in [4.78, 5) is 72.0. The molecule has 87 heavy (non-hydrogen) atoms. The third kappa shape index (κ3) is 62.1. The van der Waals surface area contributed by atoms with Crippen molar-refractivity contribution in [3.8, 4) is 0 Å². The highest BCUT2D eigenvalue weighted by molar-refractivity contribution is 7.47. The number of ether oxygens (including phenoxy) is 4. The second kappa shape index (κ2) is 62.4. The molecule has 2 unspecified atom stereocenters. The zero-order chi connectivity index (χ0) is 64.0. The topological polar surface area (TPSA) is 237 Å². The van der Waals surface area contributed by atoms with E-state index in [9.17, 15) is 43.2 Å². The molecule has 0 radical (unpaired) electrons. The Labute approximate surface area is 529 Å². The van der Waals surface area contributed by atoms with Crippen LogP contribution < -0.4 is 0 Å². The molecule has 0 saturated carbocycles. The molecule has 0 spiro atoms. The van der Waals surface area contributed by atoms with Gasteiger partial charge in [0, 0.05) is 25.7 Å². The van der Waals surface area contributed by atoms with Crippen LogP contribution in [-0.4, -0.2) is 96.7 Å². The van der Waals surface area contributed by atoms with Crippen LogP contribution in [0.3, 0.4) is 0 Å². The van der Waals surface area contributed by atoms with Gasteiger partial charge in [0.2, 0.25) is 0 Å². The predicted octanol–water partition coefficient (Wildman–Crippen LogP) is 19.1. The average molecular weight is 1280 g/mol. The van der Waals surface area contributed by atoms with Crippen molar-refractivity contribution in [2.24, 2.45) is 0 Å². The Hall–Kier alpha value is -2.46. The summed E-state index contributed by atoms with van der Waals surface area (Å²) in [6.07, 6.45) is 52.7. The van der Waals surface area contributed by atoms with Gasteiger partial charge in [0.25, 0.3) is 0 Å². The van der Waals surface area contributed by atoms with E-state index in [1.807, 2.05) is 0 Å². The monoisotopic (exact) mass is 1280 g/mol. The minimum absolute atomic E-state index is 0.102. The number of unbranched alkanes of at least 4 members (excludes halogenated alkanes) is 38. The molecular formula is C68H128O17P2. The SMILES string of the molecule is CCCCCC/C=C\C=C/CCCCCCCC(=O)OC[C@H](COP(=O)(O)OC[C@@H](O)COP(=O)(O)OC[C@@H](COC(=O)CCCCCCC)OC(=O)CCCCCCCCCC)OC(=O)CCCCCCCCCCCCCCCCCCCCC. The van der Waals surface area contributed by atoms with Crippen molar-refractivity contribution in [2.45, 2.75) is 348 Å². The molecule has 0 aliphatic rings. The standard InChI is InChI=1S/C68H128O17P2/c1-5-9-13-17-20-23-25-27-29-30-31-32-34-36-38-40-43-47-51-55-68(73)85-64(59-79-66(71)53-49-45-42-39-37-35-33-28-26-24-21-18-14-10-6-2)61-83-87(76,77)81-57-62(69)56-80-86(74,75)82-60-63(58-78-65(70)52-48-44-16-12-8-4)84-67(72)54-50-46-41-22-19-15-11-7-3/h24,26,28,33,62-64,69H,5-23,25,27,29-32,34-61H2,1-4H3,(H,74,75)(H,76,77)/b26-24-,33-28-/t62-,63+,64+/m0/s1. The first-order valence-corrected chi connectivity index (χ1v) is 38.1. The van der Waals surface area contributed by atoms with Crippen LogP contribution in [0.15, 0.2) is 24.3 Å². The number of allylic oxidation sites excluding steroid dienone is 4. The molecular weight excluding hydrogens is 1150 g/mol. The van der Waals surface area contributed by atoms with Gasteiger partial charge in [-0.15, -0.1) is 0 Å². The number of esters is 4. The molecule has 0 rings (SSSR count). The molecule has 0 heterocycles. The van der Waals surface area contributed by atoms with Gasteiger partial charge in [-0.05, 0) is 51.4 Å². The van der Waals surface area contributed by atoms with Gasteiger partial charge in [-0.25, -0.2) is 9.13 Å². The highest BCUT2D eigenvalue weighted by Crippen LogP contribution is 2.45. The lowest BCUT2D eigenvalue weighted by Crippen LogP contribution is -2.30. The maximum atomic E-state index is 13.0. The van der Waals surface area contributed by atoms with Gasteiger partial charge < -0.3 is 33.8 Å². The van der Waals surface area contributed by atoms with Crippen LogP contribution >= 0.6 is 15.6 Å². The van der Waals surface area contributed by atoms with Crippen molar-refractivity contribution in [2.75, 3.05) is 39.6 Å². The zero-order valence-electron chi connectivity index (χ0n) is 55.5. The number of phosphoric ester groups is 2. The molecule has 19 heteroatoms. The largest absolute Gasteiger partial charge is 0.472 e. The van der Waals surface area contributed by atoms with Crippen LogP contribution in [0.5, 0.6) is 0 Å². The van der Waals surface area contributed by atoms with Crippen LogP contribution in [-0.2, 0) is 65.4 Å². The van der Waals surface area contributed by atoms with Gasteiger partial charge in [-0.1, -0.05) is 277 Å². The lowest BCUT2D eigenvalue weighted by atomic mass is 10.0. The summed E-state index contributed by atoms with van der Waals surface area (Å²) in [5.74, 6) is -2.17. The molecule has 0 aromatic carbocycles. The Morgan fingerprint density at radius 1 is 0.322 bits per heavy atom. The van der Waals surface area contributed by atoms with Crippen molar-refractivity contribution in [3.63, 3.8) is 0 Å². The van der Waals surface area contributed by atoms with Gasteiger partial charge in [0.15, 0.2) is 12.2 Å². The summed E-state index contributed by atoms with van der Waals surface area (Å²) in [6, 6.07) is 0. The number of phosphoric acid groups is 2. The summed E-state index contributed by atoms with van der Waals surface area (Å²) in [5, 5.41) is 10.5. The van der Waals surface area contributed by atoms with E-state index in [0.29, 0.717) is 25.7 Å². The number of carbonyl (C=O) groups is 4. The first-order chi connectivity index (χ1) is 42.2. The summed E-state index contributed by atoms with van der Waals surface area (Å²) < 4.78 is 67.8. The Morgan fingerprint density at radius 2 is 0.552 bits per heavy atom. The molecule has 0 saturated heterocycles.